The van der Waals surface area contributed by atoms with E-state index in [-0.39, 0.29) is 0 Å². The van der Waals surface area contributed by atoms with Crippen LogP contribution in [0.5, 0.6) is 5.75 Å². The number of ether oxygens (including phenoxy) is 2. The molecule has 2 N–H and O–H groups in total. The molecule has 0 bridgehead atoms. The van der Waals surface area contributed by atoms with E-state index in [1.54, 1.807) is 7.11 Å². The molecule has 2 rings (SSSR count). The van der Waals surface area contributed by atoms with Crippen molar-refractivity contribution in [3.8, 4) is 5.75 Å². The van der Waals surface area contributed by atoms with E-state index in [0.717, 1.165) is 56.5 Å². The van der Waals surface area contributed by atoms with Gasteiger partial charge in [-0.15, -0.1) is 0 Å². The number of guanidine groups is 1. The summed E-state index contributed by atoms with van der Waals surface area (Å²) in [7, 11) is 1.63. The van der Waals surface area contributed by atoms with Gasteiger partial charge in [0.2, 0.25) is 0 Å². The van der Waals surface area contributed by atoms with Gasteiger partial charge >= 0.3 is 0 Å². The summed E-state index contributed by atoms with van der Waals surface area (Å²) in [6, 6.07) is 7.46. The summed E-state index contributed by atoms with van der Waals surface area (Å²) in [5, 5.41) is 13.7. The average molecular weight is 349 g/mol. The lowest BCUT2D eigenvalue weighted by molar-refractivity contribution is 0.114. The topological polar surface area (TPSA) is 66.3 Å². The Bertz CT molecular complexity index is 533. The first-order chi connectivity index (χ1) is 12.2. The van der Waals surface area contributed by atoms with Gasteiger partial charge in [-0.05, 0) is 38.0 Å². The van der Waals surface area contributed by atoms with Crippen molar-refractivity contribution in [1.82, 2.24) is 10.2 Å². The largest absolute Gasteiger partial charge is 0.497 e. The summed E-state index contributed by atoms with van der Waals surface area (Å²) in [6.45, 7) is 8.72. The lowest BCUT2D eigenvalue weighted by atomic mass is 10.1. The van der Waals surface area contributed by atoms with Crippen molar-refractivity contribution in [2.75, 3.05) is 46.5 Å². The number of hydrogen-bond acceptors (Lipinski definition) is 4. The first kappa shape index (κ1) is 19.5. The van der Waals surface area contributed by atoms with Gasteiger partial charge in [-0.25, -0.2) is 0 Å². The van der Waals surface area contributed by atoms with Gasteiger partial charge in [0.05, 0.1) is 26.4 Å². The Labute approximate surface area is 150 Å². The lowest BCUT2D eigenvalue weighted by Gasteiger charge is -2.22. The normalized spacial score (nSPS) is 19.1. The van der Waals surface area contributed by atoms with Crippen LogP contribution in [0.1, 0.15) is 31.9 Å². The van der Waals surface area contributed by atoms with Crippen molar-refractivity contribution in [3.63, 3.8) is 0 Å². The molecule has 1 fully saturated rings. The molecule has 6 heteroatoms. The number of aliphatic hydroxyl groups is 1. The Morgan fingerprint density at radius 3 is 2.76 bits per heavy atom. The quantitative estimate of drug-likeness (QED) is 0.555. The molecule has 1 aliphatic heterocycles. The van der Waals surface area contributed by atoms with Gasteiger partial charge in [-0.1, -0.05) is 12.1 Å². The molecule has 0 spiro atoms. The van der Waals surface area contributed by atoms with E-state index in [4.69, 9.17) is 9.47 Å². The maximum atomic E-state index is 10.4. The second-order valence-corrected chi connectivity index (χ2v) is 6.24. The zero-order chi connectivity index (χ0) is 18.1. The summed E-state index contributed by atoms with van der Waals surface area (Å²) < 4.78 is 10.7. The Morgan fingerprint density at radius 2 is 2.12 bits per heavy atom. The first-order valence-electron chi connectivity index (χ1n) is 9.10. The van der Waals surface area contributed by atoms with Gasteiger partial charge in [0.25, 0.3) is 0 Å². The Hall–Kier alpha value is -1.79. The molecule has 0 aromatic heterocycles. The third-order valence-corrected chi connectivity index (χ3v) is 4.39. The molecular formula is C19H31N3O3. The molecule has 0 radical (unpaired) electrons. The predicted molar refractivity (Wildman–Crippen MR) is 100 cm³/mol. The van der Waals surface area contributed by atoms with Crippen molar-refractivity contribution in [2.24, 2.45) is 10.9 Å². The molecule has 1 saturated heterocycles. The molecule has 1 heterocycles. The van der Waals surface area contributed by atoms with E-state index in [2.05, 4.69) is 22.1 Å². The van der Waals surface area contributed by atoms with Crippen molar-refractivity contribution in [2.45, 2.75) is 26.4 Å². The molecule has 140 valence electrons. The third kappa shape index (κ3) is 5.90. The number of methoxy groups -OCH3 is 1. The molecule has 0 saturated carbocycles. The number of nitrogens with one attached hydrogen (secondary N) is 1. The maximum Gasteiger partial charge on any atom is 0.194 e. The molecule has 1 aromatic carbocycles. The smallest absolute Gasteiger partial charge is 0.194 e. The van der Waals surface area contributed by atoms with Gasteiger partial charge in [-0.3, -0.25) is 4.99 Å². The summed E-state index contributed by atoms with van der Waals surface area (Å²) in [5.41, 5.74) is 0.844. The van der Waals surface area contributed by atoms with E-state index < -0.39 is 6.10 Å². The zero-order valence-corrected chi connectivity index (χ0v) is 15.6. The number of likely N-dealkylation sites (tertiary alicyclic amines) is 1. The highest BCUT2D eigenvalue weighted by Crippen LogP contribution is 2.19. The van der Waals surface area contributed by atoms with Crippen LogP contribution in [0.3, 0.4) is 0 Å². The second-order valence-electron chi connectivity index (χ2n) is 6.24. The van der Waals surface area contributed by atoms with Crippen LogP contribution in [0.2, 0.25) is 0 Å². The SMILES string of the molecule is CCNC(=NCC(O)c1ccc(OC)cc1)N1CCC(COCC)C1. The highest BCUT2D eigenvalue weighted by atomic mass is 16.5. The Morgan fingerprint density at radius 1 is 1.36 bits per heavy atom. The minimum absolute atomic E-state index is 0.335. The highest BCUT2D eigenvalue weighted by Gasteiger charge is 2.25. The minimum atomic E-state index is -0.624. The number of nitrogens with zero attached hydrogens (tertiary/aromatic N) is 2. The van der Waals surface area contributed by atoms with Crippen molar-refractivity contribution >= 4 is 5.96 Å². The van der Waals surface area contributed by atoms with Crippen molar-refractivity contribution in [3.05, 3.63) is 29.8 Å². The van der Waals surface area contributed by atoms with Gasteiger partial charge in [0.1, 0.15) is 5.75 Å². The van der Waals surface area contributed by atoms with Crippen LogP contribution in [-0.4, -0.2) is 62.5 Å². The highest BCUT2D eigenvalue weighted by molar-refractivity contribution is 5.80. The zero-order valence-electron chi connectivity index (χ0n) is 15.6. The summed E-state index contributed by atoms with van der Waals surface area (Å²) in [4.78, 5) is 6.90. The maximum absolute atomic E-state index is 10.4. The number of aliphatic hydroxyl groups excluding tert-OH is 1. The van der Waals surface area contributed by atoms with E-state index in [0.29, 0.717) is 12.5 Å². The summed E-state index contributed by atoms with van der Waals surface area (Å²) in [5.74, 6) is 2.20. The molecule has 1 aliphatic rings. The Kier molecular flexibility index (Phi) is 8.01. The van der Waals surface area contributed by atoms with E-state index in [1.807, 2.05) is 31.2 Å². The average Bonchev–Trinajstić information content (AvgIpc) is 3.12. The fourth-order valence-corrected chi connectivity index (χ4v) is 2.98. The van der Waals surface area contributed by atoms with Crippen LogP contribution < -0.4 is 10.1 Å². The third-order valence-electron chi connectivity index (χ3n) is 4.39. The Balaban J connectivity index is 1.94. The number of rotatable bonds is 8. The van der Waals surface area contributed by atoms with Gasteiger partial charge in [-0.2, -0.15) is 0 Å². The van der Waals surface area contributed by atoms with E-state index in [9.17, 15) is 5.11 Å². The molecule has 6 nitrogen and oxygen atoms in total. The second kappa shape index (κ2) is 10.3. The summed E-state index contributed by atoms with van der Waals surface area (Å²) in [6.07, 6.45) is 0.493. The first-order valence-corrected chi connectivity index (χ1v) is 9.10. The predicted octanol–water partition coefficient (Wildman–Crippen LogP) is 2.05. The number of aliphatic imine (C=N–C) groups is 1. The summed E-state index contributed by atoms with van der Waals surface area (Å²) >= 11 is 0. The van der Waals surface area contributed by atoms with Gasteiger partial charge in [0.15, 0.2) is 5.96 Å². The van der Waals surface area contributed by atoms with Crippen LogP contribution >= 0.6 is 0 Å². The van der Waals surface area contributed by atoms with Gasteiger partial charge < -0.3 is 24.8 Å². The van der Waals surface area contributed by atoms with E-state index >= 15 is 0 Å². The van der Waals surface area contributed by atoms with Crippen molar-refractivity contribution in [1.29, 1.82) is 0 Å². The monoisotopic (exact) mass is 349 g/mol. The molecule has 2 atom stereocenters. The van der Waals surface area contributed by atoms with Crippen LogP contribution in [0.15, 0.2) is 29.3 Å². The standard InChI is InChI=1S/C19H31N3O3/c1-4-20-19(22-11-10-15(13-22)14-25-5-2)21-12-18(23)16-6-8-17(24-3)9-7-16/h6-9,15,18,23H,4-5,10-14H2,1-3H3,(H,20,21). The fourth-order valence-electron chi connectivity index (χ4n) is 2.98. The van der Waals surface area contributed by atoms with Crippen LogP contribution in [0.4, 0.5) is 0 Å². The molecule has 2 unspecified atom stereocenters. The molecule has 0 aliphatic carbocycles. The molecule has 25 heavy (non-hydrogen) atoms. The van der Waals surface area contributed by atoms with Crippen molar-refractivity contribution < 1.29 is 14.6 Å². The van der Waals surface area contributed by atoms with Gasteiger partial charge in [0, 0.05) is 32.2 Å². The van der Waals surface area contributed by atoms with E-state index in [1.165, 1.54) is 0 Å². The van der Waals surface area contributed by atoms with Crippen LogP contribution in [-0.2, 0) is 4.74 Å². The number of hydrogen-bond donors (Lipinski definition) is 2. The molecular weight excluding hydrogens is 318 g/mol. The number of benzene rings is 1. The molecule has 1 aromatic rings. The molecule has 0 amide bonds. The van der Waals surface area contributed by atoms with Crippen LogP contribution in [0, 0.1) is 5.92 Å². The fraction of sp³-hybridized carbons (Fsp3) is 0.632. The van der Waals surface area contributed by atoms with Crippen LogP contribution in [0.25, 0.3) is 0 Å². The lowest BCUT2D eigenvalue weighted by Crippen LogP contribution is -2.40. The minimum Gasteiger partial charge on any atom is -0.497 e.